The maximum absolute atomic E-state index is 12.2. The molecule has 0 unspecified atom stereocenters. The zero-order valence-electron chi connectivity index (χ0n) is 9.33. The van der Waals surface area contributed by atoms with Gasteiger partial charge in [0.1, 0.15) is 11.6 Å². The zero-order valence-corrected chi connectivity index (χ0v) is 10.1. The highest BCUT2D eigenvalue weighted by molar-refractivity contribution is 7.99. The van der Waals surface area contributed by atoms with Crippen LogP contribution < -0.4 is 5.56 Å². The van der Waals surface area contributed by atoms with Crippen LogP contribution in [0.15, 0.2) is 34.5 Å². The fourth-order valence-corrected chi connectivity index (χ4v) is 2.83. The molecule has 3 rings (SSSR count). The molecular formula is C12H8N4OS. The van der Waals surface area contributed by atoms with Gasteiger partial charge in [-0.1, -0.05) is 11.8 Å². The van der Waals surface area contributed by atoms with Crippen molar-refractivity contribution in [3.8, 4) is 17.3 Å². The van der Waals surface area contributed by atoms with E-state index in [2.05, 4.69) is 9.97 Å². The fourth-order valence-electron chi connectivity index (χ4n) is 1.88. The third kappa shape index (κ3) is 1.60. The molecule has 18 heavy (non-hydrogen) atoms. The largest absolute Gasteiger partial charge is 0.286 e. The molecule has 0 bridgehead atoms. The van der Waals surface area contributed by atoms with Gasteiger partial charge in [0.2, 0.25) is 0 Å². The summed E-state index contributed by atoms with van der Waals surface area (Å²) in [6, 6.07) is 5.52. The van der Waals surface area contributed by atoms with E-state index in [1.54, 1.807) is 29.1 Å². The molecule has 1 aliphatic heterocycles. The second-order valence-corrected chi connectivity index (χ2v) is 4.84. The molecule has 5 nitrogen and oxygen atoms in total. The highest BCUT2D eigenvalue weighted by atomic mass is 32.2. The summed E-state index contributed by atoms with van der Waals surface area (Å²) in [7, 11) is 0. The van der Waals surface area contributed by atoms with Crippen molar-refractivity contribution in [2.45, 2.75) is 11.7 Å². The Balaban J connectivity index is 2.32. The molecule has 2 aromatic heterocycles. The second kappa shape index (κ2) is 4.27. The normalized spacial score (nSPS) is 13.1. The van der Waals surface area contributed by atoms with Crippen molar-refractivity contribution in [1.82, 2.24) is 14.5 Å². The molecular weight excluding hydrogens is 248 g/mol. The lowest BCUT2D eigenvalue weighted by atomic mass is 10.1. The maximum atomic E-state index is 12.2. The van der Waals surface area contributed by atoms with Gasteiger partial charge in [0.15, 0.2) is 5.16 Å². The van der Waals surface area contributed by atoms with E-state index in [-0.39, 0.29) is 11.1 Å². The molecule has 2 aromatic rings. The lowest BCUT2D eigenvalue weighted by Gasteiger charge is -2.06. The van der Waals surface area contributed by atoms with Crippen molar-refractivity contribution < 1.29 is 0 Å². The summed E-state index contributed by atoms with van der Waals surface area (Å²) in [5.74, 6) is 0.823. The zero-order chi connectivity index (χ0) is 12.5. The minimum Gasteiger partial charge on any atom is -0.286 e. The second-order valence-electron chi connectivity index (χ2n) is 3.78. The number of nitriles is 1. The number of thioether (sulfide) groups is 1. The molecule has 0 amide bonds. The summed E-state index contributed by atoms with van der Waals surface area (Å²) in [5, 5.41) is 9.84. The van der Waals surface area contributed by atoms with E-state index in [4.69, 9.17) is 5.26 Å². The molecule has 3 heterocycles. The monoisotopic (exact) mass is 256 g/mol. The van der Waals surface area contributed by atoms with Crippen LogP contribution in [0.1, 0.15) is 5.56 Å². The van der Waals surface area contributed by atoms with E-state index in [0.29, 0.717) is 23.0 Å². The standard InChI is InChI=1S/C12H8N4OS/c13-6-9-10(8-2-1-3-14-7-8)15-12-16(11(9)17)4-5-18-12/h1-3,7H,4-5H2. The number of fused-ring (bicyclic) bond motifs is 1. The molecule has 6 heteroatoms. The van der Waals surface area contributed by atoms with Gasteiger partial charge >= 0.3 is 0 Å². The van der Waals surface area contributed by atoms with E-state index in [9.17, 15) is 4.79 Å². The summed E-state index contributed by atoms with van der Waals surface area (Å²) in [6.07, 6.45) is 3.25. The minimum atomic E-state index is -0.258. The van der Waals surface area contributed by atoms with Gasteiger partial charge in [-0.25, -0.2) is 4.98 Å². The van der Waals surface area contributed by atoms with E-state index < -0.39 is 0 Å². The summed E-state index contributed by atoms with van der Waals surface area (Å²) < 4.78 is 1.56. The van der Waals surface area contributed by atoms with Gasteiger partial charge in [0, 0.05) is 30.3 Å². The molecule has 88 valence electrons. The highest BCUT2D eigenvalue weighted by Crippen LogP contribution is 2.26. The van der Waals surface area contributed by atoms with Gasteiger partial charge < -0.3 is 0 Å². The first-order valence-electron chi connectivity index (χ1n) is 5.39. The molecule has 0 radical (unpaired) electrons. The number of hydrogen-bond acceptors (Lipinski definition) is 5. The van der Waals surface area contributed by atoms with Crippen LogP contribution in [0.5, 0.6) is 0 Å². The Morgan fingerprint density at radius 3 is 3.11 bits per heavy atom. The van der Waals surface area contributed by atoms with Crippen LogP contribution >= 0.6 is 11.8 Å². The SMILES string of the molecule is N#Cc1c(-c2cccnc2)nc2n(c1=O)CCS2. The first-order valence-corrected chi connectivity index (χ1v) is 6.38. The van der Waals surface area contributed by atoms with Crippen molar-refractivity contribution in [3.05, 3.63) is 40.4 Å². The van der Waals surface area contributed by atoms with Crippen LogP contribution in [0, 0.1) is 11.3 Å². The van der Waals surface area contributed by atoms with Crippen LogP contribution in [-0.2, 0) is 6.54 Å². The van der Waals surface area contributed by atoms with Gasteiger partial charge in [-0.15, -0.1) is 0 Å². The quantitative estimate of drug-likeness (QED) is 0.719. The fraction of sp³-hybridized carbons (Fsp3) is 0.167. The van der Waals surface area contributed by atoms with Crippen LogP contribution in [0.4, 0.5) is 0 Å². The van der Waals surface area contributed by atoms with Gasteiger partial charge in [-0.2, -0.15) is 5.26 Å². The Morgan fingerprint density at radius 1 is 1.50 bits per heavy atom. The lowest BCUT2D eigenvalue weighted by Crippen LogP contribution is -2.24. The molecule has 0 N–H and O–H groups in total. The van der Waals surface area contributed by atoms with Crippen molar-refractivity contribution in [2.24, 2.45) is 0 Å². The van der Waals surface area contributed by atoms with Gasteiger partial charge in [-0.05, 0) is 12.1 Å². The molecule has 0 aromatic carbocycles. The van der Waals surface area contributed by atoms with Crippen LogP contribution in [0.3, 0.4) is 0 Å². The Labute approximate surface area is 107 Å². The average Bonchev–Trinajstić information content (AvgIpc) is 2.88. The first-order chi connectivity index (χ1) is 8.81. The Kier molecular flexibility index (Phi) is 2.61. The third-order valence-corrected chi connectivity index (χ3v) is 3.68. The molecule has 0 saturated carbocycles. The first kappa shape index (κ1) is 11.0. The molecule has 0 atom stereocenters. The van der Waals surface area contributed by atoms with Gasteiger partial charge in [-0.3, -0.25) is 14.3 Å². The summed E-state index contributed by atoms with van der Waals surface area (Å²) in [5.41, 5.74) is 0.957. The molecule has 0 aliphatic carbocycles. The third-order valence-electron chi connectivity index (χ3n) is 2.73. The van der Waals surface area contributed by atoms with Crippen molar-refractivity contribution in [3.63, 3.8) is 0 Å². The Morgan fingerprint density at radius 2 is 2.39 bits per heavy atom. The lowest BCUT2D eigenvalue weighted by molar-refractivity contribution is 0.655. The number of aromatic nitrogens is 3. The van der Waals surface area contributed by atoms with E-state index in [1.165, 1.54) is 11.8 Å². The summed E-state index contributed by atoms with van der Waals surface area (Å²) >= 11 is 1.53. The molecule has 1 aliphatic rings. The number of rotatable bonds is 1. The molecule has 0 saturated heterocycles. The predicted octanol–water partition coefficient (Wildman–Crippen LogP) is 1.28. The van der Waals surface area contributed by atoms with Crippen molar-refractivity contribution in [2.75, 3.05) is 5.75 Å². The van der Waals surface area contributed by atoms with Gasteiger partial charge in [0.05, 0.1) is 5.69 Å². The van der Waals surface area contributed by atoms with Crippen LogP contribution in [0.2, 0.25) is 0 Å². The van der Waals surface area contributed by atoms with Crippen LogP contribution in [-0.4, -0.2) is 20.3 Å². The predicted molar refractivity (Wildman–Crippen MR) is 67.2 cm³/mol. The maximum Gasteiger partial charge on any atom is 0.272 e. The van der Waals surface area contributed by atoms with E-state index >= 15 is 0 Å². The Hall–Kier alpha value is -2.13. The number of hydrogen-bond donors (Lipinski definition) is 0. The smallest absolute Gasteiger partial charge is 0.272 e. The molecule has 0 spiro atoms. The highest BCUT2D eigenvalue weighted by Gasteiger charge is 2.21. The topological polar surface area (TPSA) is 71.6 Å². The number of nitrogens with zero attached hydrogens (tertiary/aromatic N) is 4. The minimum absolute atomic E-state index is 0.0919. The summed E-state index contributed by atoms with van der Waals surface area (Å²) in [6.45, 7) is 0.619. The average molecular weight is 256 g/mol. The summed E-state index contributed by atoms with van der Waals surface area (Å²) in [4.78, 5) is 20.6. The van der Waals surface area contributed by atoms with Gasteiger partial charge in [0.25, 0.3) is 5.56 Å². The Bertz CT molecular complexity index is 702. The van der Waals surface area contributed by atoms with Crippen LogP contribution in [0.25, 0.3) is 11.3 Å². The number of pyridine rings is 1. The van der Waals surface area contributed by atoms with Crippen molar-refractivity contribution in [1.29, 1.82) is 5.26 Å². The van der Waals surface area contributed by atoms with Crippen molar-refractivity contribution >= 4 is 11.8 Å². The van der Waals surface area contributed by atoms with E-state index in [0.717, 1.165) is 5.75 Å². The molecule has 0 fully saturated rings. The van der Waals surface area contributed by atoms with E-state index in [1.807, 2.05) is 6.07 Å².